The second-order valence-electron chi connectivity index (χ2n) is 8.95. The quantitative estimate of drug-likeness (QED) is 0.369. The predicted octanol–water partition coefficient (Wildman–Crippen LogP) is 1.90. The van der Waals surface area contributed by atoms with E-state index < -0.39 is 29.5 Å². The molecule has 1 aromatic carbocycles. The number of hydrogen-bond donors (Lipinski definition) is 5. The number of nitrogen functional groups attached to an aromatic ring is 1. The van der Waals surface area contributed by atoms with Crippen LogP contribution in [-0.4, -0.2) is 63.9 Å². The number of aromatic nitrogens is 1. The number of nitrogens with zero attached hydrogens (tertiary/aromatic N) is 2. The summed E-state index contributed by atoms with van der Waals surface area (Å²) in [5.41, 5.74) is 3.81. The van der Waals surface area contributed by atoms with Gasteiger partial charge in [-0.1, -0.05) is 17.4 Å². The highest BCUT2D eigenvalue weighted by Crippen LogP contribution is 2.41. The van der Waals surface area contributed by atoms with Gasteiger partial charge in [0.05, 0.1) is 17.0 Å². The van der Waals surface area contributed by atoms with E-state index in [9.17, 15) is 28.2 Å². The maximum Gasteiger partial charge on any atom is 0.416 e. The van der Waals surface area contributed by atoms with Gasteiger partial charge in [0.25, 0.3) is 5.91 Å². The molecular formula is C22H28F3N5O3S. The third-order valence-corrected chi connectivity index (χ3v) is 7.55. The van der Waals surface area contributed by atoms with Crippen molar-refractivity contribution in [2.45, 2.75) is 55.8 Å². The molecular weight excluding hydrogens is 471 g/mol. The van der Waals surface area contributed by atoms with Crippen molar-refractivity contribution in [1.29, 1.82) is 0 Å². The van der Waals surface area contributed by atoms with Crippen molar-refractivity contribution in [3.05, 3.63) is 46.5 Å². The summed E-state index contributed by atoms with van der Waals surface area (Å²) in [5.74, 6) is -0.681. The van der Waals surface area contributed by atoms with E-state index in [0.717, 1.165) is 42.9 Å². The molecule has 12 heteroatoms. The van der Waals surface area contributed by atoms with Crippen LogP contribution >= 0.6 is 11.3 Å². The van der Waals surface area contributed by atoms with Crippen molar-refractivity contribution in [2.24, 2.45) is 0 Å². The number of carbonyl (C=O) groups is 1. The third-order valence-electron chi connectivity index (χ3n) is 6.53. The first-order chi connectivity index (χ1) is 16.0. The van der Waals surface area contributed by atoms with Gasteiger partial charge in [-0.3, -0.25) is 15.0 Å². The van der Waals surface area contributed by atoms with Crippen LogP contribution in [-0.2, 0) is 11.8 Å². The van der Waals surface area contributed by atoms with Crippen molar-refractivity contribution in [3.63, 3.8) is 0 Å². The maximum atomic E-state index is 12.8. The normalized spacial score (nSPS) is 25.0. The molecule has 2 heterocycles. The van der Waals surface area contributed by atoms with Crippen LogP contribution in [0.5, 0.6) is 0 Å². The Balaban J connectivity index is 1.17. The molecule has 1 atom stereocenters. The topological polar surface area (TPSA) is 124 Å². The standard InChI is InChI=1S/C22H28F3N5O3S/c23-22(24,25)14-3-1-2-13(8-14)19(32)27-10-18(31)29-15-11-30(12-15)16-4-6-21(33,7-5-16)17-9-28-20(26)34-17/h1-3,8-9,15-16,18,29,31,33H,4-7,10-12H2,(H2,26,28)(H,27,32). The van der Waals surface area contributed by atoms with Gasteiger partial charge in [0.2, 0.25) is 0 Å². The molecule has 1 amide bonds. The lowest BCUT2D eigenvalue weighted by Gasteiger charge is -2.48. The number of halogens is 3. The van der Waals surface area contributed by atoms with E-state index in [1.165, 1.54) is 23.5 Å². The number of aliphatic hydroxyl groups excluding tert-OH is 1. The fourth-order valence-electron chi connectivity index (χ4n) is 4.57. The first kappa shape index (κ1) is 24.9. The molecule has 2 aliphatic rings. The number of nitrogens with two attached hydrogens (primary N) is 1. The number of anilines is 1. The molecule has 0 radical (unpaired) electrons. The molecule has 34 heavy (non-hydrogen) atoms. The van der Waals surface area contributed by atoms with Crippen molar-refractivity contribution >= 4 is 22.4 Å². The van der Waals surface area contributed by atoms with E-state index in [2.05, 4.69) is 20.5 Å². The van der Waals surface area contributed by atoms with Crippen LogP contribution in [0.4, 0.5) is 18.3 Å². The first-order valence-electron chi connectivity index (χ1n) is 11.1. The highest BCUT2D eigenvalue weighted by atomic mass is 32.1. The van der Waals surface area contributed by atoms with E-state index >= 15 is 0 Å². The lowest BCUT2D eigenvalue weighted by atomic mass is 9.80. The minimum Gasteiger partial charge on any atom is -0.384 e. The van der Waals surface area contributed by atoms with Gasteiger partial charge in [-0.25, -0.2) is 4.98 Å². The van der Waals surface area contributed by atoms with Crippen molar-refractivity contribution in [3.8, 4) is 0 Å². The van der Waals surface area contributed by atoms with Gasteiger partial charge in [0.1, 0.15) is 11.8 Å². The van der Waals surface area contributed by atoms with Gasteiger partial charge < -0.3 is 21.3 Å². The number of hydrogen-bond acceptors (Lipinski definition) is 8. The fraction of sp³-hybridized carbons (Fsp3) is 0.545. The van der Waals surface area contributed by atoms with E-state index in [1.807, 2.05) is 0 Å². The van der Waals surface area contributed by atoms with Crippen molar-refractivity contribution in [1.82, 2.24) is 20.5 Å². The number of likely N-dealkylation sites (tertiary alicyclic amines) is 1. The number of alkyl halides is 3. The maximum absolute atomic E-state index is 12.8. The van der Waals surface area contributed by atoms with Gasteiger partial charge in [0.15, 0.2) is 5.13 Å². The monoisotopic (exact) mass is 499 g/mol. The molecule has 1 aromatic heterocycles. The third kappa shape index (κ3) is 5.69. The number of carbonyl (C=O) groups excluding carboxylic acids is 1. The SMILES string of the molecule is Nc1ncc(C2(O)CCC(N3CC(NC(O)CNC(=O)c4cccc(C(F)(F)F)c4)C3)CC2)s1. The van der Waals surface area contributed by atoms with E-state index in [-0.39, 0.29) is 18.2 Å². The van der Waals surface area contributed by atoms with Crippen LogP contribution in [0, 0.1) is 0 Å². The van der Waals surface area contributed by atoms with E-state index in [1.54, 1.807) is 6.20 Å². The second kappa shape index (κ2) is 9.78. The zero-order valence-electron chi connectivity index (χ0n) is 18.4. The molecule has 0 bridgehead atoms. The molecule has 2 fully saturated rings. The van der Waals surface area contributed by atoms with Gasteiger partial charge >= 0.3 is 6.18 Å². The minimum atomic E-state index is -4.53. The Morgan fingerprint density at radius 2 is 2.03 bits per heavy atom. The Bertz CT molecular complexity index is 1000. The largest absolute Gasteiger partial charge is 0.416 e. The highest BCUT2D eigenvalue weighted by molar-refractivity contribution is 7.15. The Labute approximate surface area is 199 Å². The molecule has 2 aromatic rings. The molecule has 6 N–H and O–H groups in total. The molecule has 1 aliphatic heterocycles. The molecule has 8 nitrogen and oxygen atoms in total. The van der Waals surface area contributed by atoms with Gasteiger partial charge in [-0.05, 0) is 43.9 Å². The Kier molecular flexibility index (Phi) is 7.15. The molecule has 1 unspecified atom stereocenters. The number of rotatable bonds is 7. The molecule has 0 spiro atoms. The fourth-order valence-corrected chi connectivity index (χ4v) is 5.40. The number of benzene rings is 1. The van der Waals surface area contributed by atoms with Gasteiger partial charge in [-0.15, -0.1) is 0 Å². The van der Waals surface area contributed by atoms with Gasteiger partial charge in [0, 0.05) is 36.9 Å². The first-order valence-corrected chi connectivity index (χ1v) is 11.9. The molecule has 4 rings (SSSR count). The molecule has 1 saturated heterocycles. The van der Waals surface area contributed by atoms with Crippen LogP contribution in [0.25, 0.3) is 0 Å². The summed E-state index contributed by atoms with van der Waals surface area (Å²) in [6.45, 7) is 1.34. The summed E-state index contributed by atoms with van der Waals surface area (Å²) in [6.07, 6.45) is -0.935. The molecule has 1 aliphatic carbocycles. The van der Waals surface area contributed by atoms with E-state index in [0.29, 0.717) is 24.0 Å². The summed E-state index contributed by atoms with van der Waals surface area (Å²) in [5, 5.41) is 27.0. The zero-order chi connectivity index (χ0) is 24.5. The van der Waals surface area contributed by atoms with E-state index in [4.69, 9.17) is 5.73 Å². The summed E-state index contributed by atoms with van der Waals surface area (Å²) in [6, 6.07) is 4.55. The Hall–Kier alpha value is -2.25. The van der Waals surface area contributed by atoms with Crippen LogP contribution in [0.1, 0.15) is 46.5 Å². The lowest BCUT2D eigenvalue weighted by Crippen LogP contribution is -2.64. The number of nitrogens with one attached hydrogen (secondary N) is 2. The minimum absolute atomic E-state index is 0.0440. The number of amides is 1. The van der Waals surface area contributed by atoms with Crippen LogP contribution in [0.2, 0.25) is 0 Å². The zero-order valence-corrected chi connectivity index (χ0v) is 19.2. The van der Waals surface area contributed by atoms with Crippen LogP contribution in [0.3, 0.4) is 0 Å². The number of aliphatic hydroxyl groups is 2. The predicted molar refractivity (Wildman–Crippen MR) is 121 cm³/mol. The average Bonchev–Trinajstić information content (AvgIpc) is 3.22. The van der Waals surface area contributed by atoms with Crippen molar-refractivity contribution < 1.29 is 28.2 Å². The van der Waals surface area contributed by atoms with Crippen LogP contribution in [0.15, 0.2) is 30.5 Å². The number of thiazole rings is 1. The average molecular weight is 500 g/mol. The summed E-state index contributed by atoms with van der Waals surface area (Å²) >= 11 is 1.32. The Morgan fingerprint density at radius 1 is 1.32 bits per heavy atom. The second-order valence-corrected chi connectivity index (χ2v) is 10.0. The molecule has 1 saturated carbocycles. The molecule has 186 valence electrons. The summed E-state index contributed by atoms with van der Waals surface area (Å²) in [4.78, 5) is 19.3. The summed E-state index contributed by atoms with van der Waals surface area (Å²) in [7, 11) is 0. The smallest absolute Gasteiger partial charge is 0.384 e. The van der Waals surface area contributed by atoms with Gasteiger partial charge in [-0.2, -0.15) is 13.2 Å². The lowest BCUT2D eigenvalue weighted by molar-refractivity contribution is -0.137. The summed E-state index contributed by atoms with van der Waals surface area (Å²) < 4.78 is 38.4. The Morgan fingerprint density at radius 3 is 2.65 bits per heavy atom. The highest BCUT2D eigenvalue weighted by Gasteiger charge is 2.41. The van der Waals surface area contributed by atoms with Crippen molar-refractivity contribution in [2.75, 3.05) is 25.4 Å². The van der Waals surface area contributed by atoms with Crippen LogP contribution < -0.4 is 16.4 Å².